The van der Waals surface area contributed by atoms with E-state index in [1.807, 2.05) is 6.92 Å². The number of hydrogen-bond donors (Lipinski definition) is 0. The van der Waals surface area contributed by atoms with Gasteiger partial charge in [0.05, 0.1) is 12.6 Å². The molecule has 1 aromatic rings. The third-order valence-corrected chi connectivity index (χ3v) is 6.95. The molecule has 1 unspecified atom stereocenters. The molecule has 2 heterocycles. The average molecular weight is 332 g/mol. The number of ether oxygens (including phenoxy) is 1. The van der Waals surface area contributed by atoms with Crippen LogP contribution in [0.4, 0.5) is 0 Å². The Hall–Kier alpha value is -0.990. The highest BCUT2D eigenvalue weighted by atomic mass is 32.2. The summed E-state index contributed by atoms with van der Waals surface area (Å²) in [6.45, 7) is 2.55. The second-order valence-electron chi connectivity index (χ2n) is 5.03. The van der Waals surface area contributed by atoms with Crippen LogP contribution in [0.3, 0.4) is 0 Å². The van der Waals surface area contributed by atoms with Crippen molar-refractivity contribution in [1.82, 2.24) is 9.29 Å². The molecule has 8 heteroatoms. The summed E-state index contributed by atoms with van der Waals surface area (Å²) in [6.07, 6.45) is 4.54. The van der Waals surface area contributed by atoms with Gasteiger partial charge >= 0.3 is 5.97 Å². The van der Waals surface area contributed by atoms with Gasteiger partial charge in [-0.05, 0) is 19.3 Å². The van der Waals surface area contributed by atoms with Gasteiger partial charge in [0.25, 0.3) is 10.0 Å². The van der Waals surface area contributed by atoms with Crippen molar-refractivity contribution >= 4 is 27.3 Å². The predicted octanol–water partition coefficient (Wildman–Crippen LogP) is 2.27. The third kappa shape index (κ3) is 3.27. The molecule has 2 rings (SSSR count). The van der Waals surface area contributed by atoms with E-state index in [0.717, 1.165) is 43.4 Å². The van der Waals surface area contributed by atoms with Crippen LogP contribution in [0.25, 0.3) is 0 Å². The lowest BCUT2D eigenvalue weighted by Gasteiger charge is -2.34. The molecule has 21 heavy (non-hydrogen) atoms. The molecule has 0 spiro atoms. The van der Waals surface area contributed by atoms with Gasteiger partial charge in [0.1, 0.15) is 0 Å². The van der Waals surface area contributed by atoms with Crippen molar-refractivity contribution in [3.63, 3.8) is 0 Å². The van der Waals surface area contributed by atoms with Gasteiger partial charge < -0.3 is 4.74 Å². The largest absolute Gasteiger partial charge is 0.464 e. The highest BCUT2D eigenvalue weighted by Crippen LogP contribution is 2.31. The van der Waals surface area contributed by atoms with Crippen LogP contribution in [0.5, 0.6) is 0 Å². The topological polar surface area (TPSA) is 76.6 Å². The van der Waals surface area contributed by atoms with Crippen molar-refractivity contribution in [3.8, 4) is 0 Å². The molecule has 0 N–H and O–H groups in total. The summed E-state index contributed by atoms with van der Waals surface area (Å²) in [4.78, 5) is 15.5. The summed E-state index contributed by atoms with van der Waals surface area (Å²) in [6, 6.07) is 0.0151. The van der Waals surface area contributed by atoms with Crippen molar-refractivity contribution in [2.45, 2.75) is 49.3 Å². The molecule has 0 aromatic carbocycles. The number of sulfonamides is 1. The van der Waals surface area contributed by atoms with Crippen molar-refractivity contribution in [3.05, 3.63) is 11.2 Å². The van der Waals surface area contributed by atoms with Crippen LogP contribution in [0.1, 0.15) is 49.5 Å². The molecule has 1 atom stereocenters. The molecule has 0 bridgehead atoms. The predicted molar refractivity (Wildman–Crippen MR) is 79.9 cm³/mol. The minimum atomic E-state index is -3.69. The van der Waals surface area contributed by atoms with Gasteiger partial charge in [-0.3, -0.25) is 0 Å². The average Bonchev–Trinajstić information content (AvgIpc) is 2.97. The van der Waals surface area contributed by atoms with E-state index in [9.17, 15) is 13.2 Å². The monoisotopic (exact) mass is 332 g/mol. The van der Waals surface area contributed by atoms with Crippen molar-refractivity contribution in [2.75, 3.05) is 13.7 Å². The zero-order chi connectivity index (χ0) is 15.5. The van der Waals surface area contributed by atoms with E-state index < -0.39 is 16.0 Å². The molecular weight excluding hydrogens is 312 g/mol. The third-order valence-electron chi connectivity index (χ3n) is 3.65. The zero-order valence-electron chi connectivity index (χ0n) is 12.2. The molecule has 0 amide bonds. The summed E-state index contributed by atoms with van der Waals surface area (Å²) in [7, 11) is -2.47. The van der Waals surface area contributed by atoms with Crippen LogP contribution in [0.2, 0.25) is 0 Å². The molecule has 6 nitrogen and oxygen atoms in total. The number of thiazole rings is 1. The molecule has 1 aromatic heterocycles. The normalized spacial score (nSPS) is 20.4. The lowest BCUT2D eigenvalue weighted by atomic mass is 10.0. The number of rotatable bonds is 5. The summed E-state index contributed by atoms with van der Waals surface area (Å²) < 4.78 is 31.9. The second kappa shape index (κ2) is 6.85. The standard InChI is InChI=1S/C13H20N2O4S2/c1-3-6-10-7-4-5-8-15(10)21(17,18)13-11(12(16)19-2)14-9-20-13/h9-10H,3-8H2,1-2H3. The number of esters is 1. The summed E-state index contributed by atoms with van der Waals surface area (Å²) >= 11 is 0.972. The first kappa shape index (κ1) is 16.4. The Morgan fingerprint density at radius 3 is 2.95 bits per heavy atom. The van der Waals surface area contributed by atoms with Crippen molar-refractivity contribution in [1.29, 1.82) is 0 Å². The summed E-state index contributed by atoms with van der Waals surface area (Å²) in [5.41, 5.74) is 1.26. The fourth-order valence-corrected chi connectivity index (χ4v) is 5.64. The minimum Gasteiger partial charge on any atom is -0.464 e. The van der Waals surface area contributed by atoms with Crippen LogP contribution < -0.4 is 0 Å². The van der Waals surface area contributed by atoms with Gasteiger partial charge in [0.15, 0.2) is 9.90 Å². The van der Waals surface area contributed by atoms with Gasteiger partial charge in [-0.25, -0.2) is 18.2 Å². The van der Waals surface area contributed by atoms with E-state index in [2.05, 4.69) is 9.72 Å². The molecule has 0 radical (unpaired) electrons. The maximum atomic E-state index is 12.9. The Bertz CT molecular complexity index is 595. The maximum Gasteiger partial charge on any atom is 0.358 e. The first-order chi connectivity index (χ1) is 10.0. The maximum absolute atomic E-state index is 12.9. The minimum absolute atomic E-state index is 0.00245. The van der Waals surface area contributed by atoms with E-state index >= 15 is 0 Å². The van der Waals surface area contributed by atoms with E-state index in [1.165, 1.54) is 12.6 Å². The SMILES string of the molecule is CCCC1CCCCN1S(=O)(=O)c1scnc1C(=O)OC. The molecule has 0 aliphatic carbocycles. The number of carbonyl (C=O) groups is 1. The Balaban J connectivity index is 2.36. The summed E-state index contributed by atoms with van der Waals surface area (Å²) in [5, 5.41) is 0. The fraction of sp³-hybridized carbons (Fsp3) is 0.692. The first-order valence-electron chi connectivity index (χ1n) is 7.06. The van der Waals surface area contributed by atoms with Gasteiger partial charge in [0, 0.05) is 12.6 Å². The van der Waals surface area contributed by atoms with Crippen molar-refractivity contribution < 1.29 is 17.9 Å². The Morgan fingerprint density at radius 2 is 2.29 bits per heavy atom. The molecular formula is C13H20N2O4S2. The van der Waals surface area contributed by atoms with Gasteiger partial charge in [-0.15, -0.1) is 11.3 Å². The lowest BCUT2D eigenvalue weighted by Crippen LogP contribution is -2.43. The Morgan fingerprint density at radius 1 is 1.52 bits per heavy atom. The fourth-order valence-electron chi connectivity index (χ4n) is 2.67. The van der Waals surface area contributed by atoms with E-state index in [0.29, 0.717) is 6.54 Å². The molecule has 0 saturated carbocycles. The van der Waals surface area contributed by atoms with E-state index in [4.69, 9.17) is 0 Å². The number of carbonyl (C=O) groups excluding carboxylic acids is 1. The number of methoxy groups -OCH3 is 1. The molecule has 1 fully saturated rings. The van der Waals surface area contributed by atoms with Gasteiger partial charge in [-0.1, -0.05) is 19.8 Å². The van der Waals surface area contributed by atoms with Gasteiger partial charge in [0.2, 0.25) is 0 Å². The highest BCUT2D eigenvalue weighted by Gasteiger charge is 2.37. The second-order valence-corrected chi connectivity index (χ2v) is 7.97. The van der Waals surface area contributed by atoms with Crippen LogP contribution in [-0.2, 0) is 14.8 Å². The van der Waals surface area contributed by atoms with E-state index in [-0.39, 0.29) is 15.9 Å². The number of nitrogens with zero attached hydrogens (tertiary/aromatic N) is 2. The molecule has 1 aliphatic rings. The van der Waals surface area contributed by atoms with Gasteiger partial charge in [-0.2, -0.15) is 4.31 Å². The summed E-state index contributed by atoms with van der Waals surface area (Å²) in [5.74, 6) is -0.709. The molecule has 118 valence electrons. The number of aromatic nitrogens is 1. The number of piperidine rings is 1. The molecule has 1 aliphatic heterocycles. The Kier molecular flexibility index (Phi) is 5.34. The number of hydrogen-bond acceptors (Lipinski definition) is 6. The molecule has 1 saturated heterocycles. The van der Waals surface area contributed by atoms with Crippen LogP contribution in [0, 0.1) is 0 Å². The van der Waals surface area contributed by atoms with Crippen molar-refractivity contribution in [2.24, 2.45) is 0 Å². The zero-order valence-corrected chi connectivity index (χ0v) is 13.9. The quantitative estimate of drug-likeness (QED) is 0.773. The Labute approximate surface area is 129 Å². The van der Waals surface area contributed by atoms with E-state index in [1.54, 1.807) is 4.31 Å². The van der Waals surface area contributed by atoms with Crippen LogP contribution in [0.15, 0.2) is 9.72 Å². The highest BCUT2D eigenvalue weighted by molar-refractivity contribution is 7.91. The lowest BCUT2D eigenvalue weighted by molar-refractivity contribution is 0.0590. The first-order valence-corrected chi connectivity index (χ1v) is 9.38. The van der Waals surface area contributed by atoms with Crippen LogP contribution in [-0.4, -0.2) is 43.4 Å². The van der Waals surface area contributed by atoms with Crippen LogP contribution >= 0.6 is 11.3 Å². The smallest absolute Gasteiger partial charge is 0.358 e.